The molecule has 4 aliphatic rings. The van der Waals surface area contributed by atoms with E-state index in [2.05, 4.69) is 21.1 Å². The van der Waals surface area contributed by atoms with Crippen molar-refractivity contribution in [3.63, 3.8) is 0 Å². The number of amides is 2. The van der Waals surface area contributed by atoms with Crippen LogP contribution in [0.1, 0.15) is 73.2 Å². The van der Waals surface area contributed by atoms with Gasteiger partial charge in [0.15, 0.2) is 11.5 Å². The topological polar surface area (TPSA) is 141 Å². The number of benzene rings is 2. The zero-order chi connectivity index (χ0) is 37.6. The minimum atomic E-state index is -0.996. The van der Waals surface area contributed by atoms with Gasteiger partial charge >= 0.3 is 0 Å². The van der Waals surface area contributed by atoms with Crippen molar-refractivity contribution in [3.05, 3.63) is 69.6 Å². The van der Waals surface area contributed by atoms with Crippen molar-refractivity contribution in [2.45, 2.75) is 76.9 Å². The van der Waals surface area contributed by atoms with Crippen LogP contribution >= 0.6 is 11.8 Å². The Balaban J connectivity index is 0.000000558. The number of aliphatic imine (C=N–C) groups is 1. The Labute approximate surface area is 341 Å². The molecule has 3 atom stereocenters. The molecule has 0 aromatic heterocycles. The van der Waals surface area contributed by atoms with E-state index in [1.54, 1.807) is 48.0 Å². The fourth-order valence-corrected chi connectivity index (χ4v) is 6.60. The van der Waals surface area contributed by atoms with Gasteiger partial charge in [0.05, 0.1) is 44.2 Å². The summed E-state index contributed by atoms with van der Waals surface area (Å²) in [6.07, 6.45) is 8.88. The summed E-state index contributed by atoms with van der Waals surface area (Å²) in [5.41, 5.74) is 5.16. The van der Waals surface area contributed by atoms with E-state index in [4.69, 9.17) is 14.2 Å². The van der Waals surface area contributed by atoms with E-state index >= 15 is 0 Å². The number of aliphatic hydroxyl groups excluding tert-OH is 1. The number of aliphatic hydroxyl groups is 1. The molecule has 283 valence electrons. The van der Waals surface area contributed by atoms with Crippen molar-refractivity contribution in [3.8, 4) is 17.2 Å². The first-order chi connectivity index (χ1) is 24.9. The number of nitrogens with zero attached hydrogens (tertiary/aromatic N) is 4. The molecule has 0 aliphatic carbocycles. The van der Waals surface area contributed by atoms with Crippen LogP contribution in [0.15, 0.2) is 52.6 Å². The predicted octanol–water partition coefficient (Wildman–Crippen LogP) is 6.44. The van der Waals surface area contributed by atoms with Crippen LogP contribution in [0.25, 0.3) is 5.32 Å². The monoisotopic (exact) mass is 821 g/mol. The molecule has 2 saturated heterocycles. The third kappa shape index (κ3) is 9.84. The van der Waals surface area contributed by atoms with E-state index in [-0.39, 0.29) is 61.4 Å². The Morgan fingerprint density at radius 1 is 0.981 bits per heavy atom. The Kier molecular flexibility index (Phi) is 15.0. The second-order valence-corrected chi connectivity index (χ2v) is 15.2. The van der Waals surface area contributed by atoms with Gasteiger partial charge in [-0.1, -0.05) is 29.8 Å². The van der Waals surface area contributed by atoms with Crippen LogP contribution in [0.5, 0.6) is 17.2 Å². The number of aryl methyl sites for hydroxylation is 1. The van der Waals surface area contributed by atoms with Crippen LogP contribution in [0.2, 0.25) is 0 Å². The van der Waals surface area contributed by atoms with Crippen LogP contribution < -0.4 is 14.2 Å². The second-order valence-electron chi connectivity index (χ2n) is 13.7. The molecule has 14 heteroatoms. The van der Waals surface area contributed by atoms with Crippen molar-refractivity contribution in [2.24, 2.45) is 4.99 Å². The van der Waals surface area contributed by atoms with Gasteiger partial charge in [0.1, 0.15) is 5.75 Å². The Morgan fingerprint density at radius 2 is 1.64 bits per heavy atom. The smallest absolute Gasteiger partial charge is 0.257 e. The third-order valence-corrected chi connectivity index (χ3v) is 10.9. The summed E-state index contributed by atoms with van der Waals surface area (Å²) in [4.78, 5) is 44.4. The van der Waals surface area contributed by atoms with Gasteiger partial charge in [-0.05, 0) is 77.5 Å². The van der Waals surface area contributed by atoms with Gasteiger partial charge in [-0.15, -0.1) is 5.69 Å². The molecule has 0 bridgehead atoms. The number of fused-ring (bicyclic) bond motifs is 4. The average Bonchev–Trinajstić information content (AvgIpc) is 3.73. The Hall–Kier alpha value is -3.39. The largest absolute Gasteiger partial charge is 0.658 e. The maximum absolute atomic E-state index is 13.3. The molecule has 1 N–H and O–H groups in total. The molecule has 2 amide bonds. The molecule has 53 heavy (non-hydrogen) atoms. The van der Waals surface area contributed by atoms with E-state index in [1.165, 1.54) is 12.0 Å². The standard InChI is InChI=1S/C33H38N4O6.C6H11O2S.Y/c1-5-20-11-22-16-34-25-14-30(29(41-4)13-24(25)32(39)36(22)17-20)43-9-7-8-42-28-15-26-23(10-19(28)3)33(40)37-18-21(6-2)12-27(37)31(38)35-26;1-6(2,9-3)4-8-5-7;/h5-6,10,13-16,22,27,31,38H,7-9,11-12,17-18H2,1-4H3,(H,35,40);4H2,1-3H3;/q;-1;/p-1/t22-,27-,31?;;/m0../s1. The summed E-state index contributed by atoms with van der Waals surface area (Å²) in [6.45, 7) is 13.5. The SMILES string of the molecule is CC=C1C[C@H]2C=Nc3cc(OCCCOc4cc5c(cc4C)C(=O)N4CC(=CC)C[C@H]4C(O)[N-]5)c(OC)cc3C(=O)N2C1.CSC(C)(C)CO[C-]=O.[Y]. The molecule has 6 rings (SSSR count). The summed E-state index contributed by atoms with van der Waals surface area (Å²) >= 11 is 1.66. The van der Waals surface area contributed by atoms with Crippen LogP contribution in [-0.4, -0.2) is 109 Å². The fraction of sp³-hybridized carbons (Fsp3) is 0.487. The maximum Gasteiger partial charge on any atom is 0.257 e. The van der Waals surface area contributed by atoms with Gasteiger partial charge in [0.2, 0.25) is 0 Å². The molecule has 0 saturated carbocycles. The molecular formula is C39H48N4O8SY-2. The van der Waals surface area contributed by atoms with E-state index < -0.39 is 6.23 Å². The Bertz CT molecular complexity index is 1760. The number of methoxy groups -OCH3 is 1. The molecule has 12 nitrogen and oxygen atoms in total. The van der Waals surface area contributed by atoms with Crippen LogP contribution in [-0.2, 0) is 42.2 Å². The minimum absolute atomic E-state index is 0. The Morgan fingerprint density at radius 3 is 2.30 bits per heavy atom. The first kappa shape index (κ1) is 42.4. The minimum Gasteiger partial charge on any atom is -0.658 e. The number of hydrogen-bond acceptors (Lipinski definition) is 10. The maximum atomic E-state index is 13.3. The van der Waals surface area contributed by atoms with Crippen molar-refractivity contribution in [2.75, 3.05) is 46.3 Å². The summed E-state index contributed by atoms with van der Waals surface area (Å²) < 4.78 is 22.1. The molecule has 4 heterocycles. The van der Waals surface area contributed by atoms with Crippen molar-refractivity contribution in [1.29, 1.82) is 0 Å². The zero-order valence-corrected chi connectivity index (χ0v) is 35.2. The average molecular weight is 822 g/mol. The third-order valence-electron chi connectivity index (χ3n) is 9.70. The summed E-state index contributed by atoms with van der Waals surface area (Å²) in [7, 11) is 1.55. The summed E-state index contributed by atoms with van der Waals surface area (Å²) in [6, 6.07) is 6.59. The number of rotatable bonds is 11. The van der Waals surface area contributed by atoms with Gasteiger partial charge in [0, 0.05) is 87.1 Å². The first-order valence-corrected chi connectivity index (χ1v) is 18.7. The second kappa shape index (κ2) is 18.8. The quantitative estimate of drug-likeness (QED) is 0.154. The summed E-state index contributed by atoms with van der Waals surface area (Å²) in [5, 5.41) is 15.3. The van der Waals surface area contributed by atoms with Gasteiger partial charge in [0.25, 0.3) is 11.8 Å². The van der Waals surface area contributed by atoms with Crippen LogP contribution in [0.3, 0.4) is 0 Å². The van der Waals surface area contributed by atoms with E-state index in [9.17, 15) is 19.5 Å². The molecule has 4 aliphatic heterocycles. The fourth-order valence-electron chi connectivity index (χ4n) is 6.42. The van der Waals surface area contributed by atoms with Crippen molar-refractivity contribution < 1.29 is 71.1 Å². The number of ether oxygens (including phenoxy) is 4. The van der Waals surface area contributed by atoms with Gasteiger partial charge in [-0.2, -0.15) is 11.8 Å². The van der Waals surface area contributed by atoms with E-state index in [0.717, 1.165) is 17.6 Å². The molecule has 2 aromatic rings. The molecule has 0 spiro atoms. The van der Waals surface area contributed by atoms with Crippen molar-refractivity contribution >= 4 is 47.6 Å². The molecular weight excluding hydrogens is 773 g/mol. The van der Waals surface area contributed by atoms with Gasteiger partial charge in [-0.3, -0.25) is 14.6 Å². The predicted molar refractivity (Wildman–Crippen MR) is 203 cm³/mol. The molecule has 2 fully saturated rings. The number of carbonyl (C=O) groups excluding carboxylic acids is 3. The van der Waals surface area contributed by atoms with E-state index in [1.807, 2.05) is 58.1 Å². The van der Waals surface area contributed by atoms with Crippen LogP contribution in [0, 0.1) is 6.92 Å². The zero-order valence-electron chi connectivity index (χ0n) is 31.5. The van der Waals surface area contributed by atoms with Gasteiger partial charge in [-0.25, -0.2) is 0 Å². The molecule has 1 radical (unpaired) electrons. The van der Waals surface area contributed by atoms with Crippen molar-refractivity contribution in [1.82, 2.24) is 9.80 Å². The summed E-state index contributed by atoms with van der Waals surface area (Å²) in [5.74, 6) is 1.41. The van der Waals surface area contributed by atoms with E-state index in [0.29, 0.717) is 85.5 Å². The normalized spacial score (nSPS) is 21.5. The molecule has 2 aromatic carbocycles. The number of thioether (sulfide) groups is 1. The first-order valence-electron chi connectivity index (χ1n) is 17.4. The number of allylic oxidation sites excluding steroid dienone is 2. The number of hydrogen-bond donors (Lipinski definition) is 1. The van der Waals surface area contributed by atoms with Gasteiger partial charge < -0.3 is 44.0 Å². The number of carbonyl (C=O) groups is 2. The molecule has 1 unspecified atom stereocenters. The van der Waals surface area contributed by atoms with Crippen LogP contribution in [0.4, 0.5) is 11.4 Å².